The van der Waals surface area contributed by atoms with Crippen LogP contribution in [-0.4, -0.2) is 24.7 Å². The van der Waals surface area contributed by atoms with E-state index in [0.717, 1.165) is 11.1 Å². The summed E-state index contributed by atoms with van der Waals surface area (Å²) in [5, 5.41) is 4.66. The zero-order chi connectivity index (χ0) is 18.2. The first-order chi connectivity index (χ1) is 12.0. The molecule has 0 aliphatic rings. The minimum absolute atomic E-state index is 0.214. The molecular weight excluding hydrogens is 370 g/mol. The first-order valence-corrected chi connectivity index (χ1v) is 8.59. The Morgan fingerprint density at radius 1 is 1.16 bits per heavy atom. The van der Waals surface area contributed by atoms with Crippen LogP contribution in [0.5, 0.6) is 0 Å². The Morgan fingerprint density at radius 3 is 2.24 bits per heavy atom. The second-order valence-electron chi connectivity index (χ2n) is 4.84. The number of alkyl halides is 2. The lowest BCUT2D eigenvalue weighted by Crippen LogP contribution is -2.20. The third kappa shape index (κ3) is 6.03. The second-order valence-corrected chi connectivity index (χ2v) is 6.25. The monoisotopic (exact) mass is 384 g/mol. The SMILES string of the molecule is COC(=O)NN=C(c1ccc(Cl)cc1)c1ccc(CSC(F)F)cc1. The van der Waals surface area contributed by atoms with Gasteiger partial charge in [-0.25, -0.2) is 10.2 Å². The number of benzene rings is 2. The van der Waals surface area contributed by atoms with Crippen molar-refractivity contribution in [1.29, 1.82) is 0 Å². The van der Waals surface area contributed by atoms with Gasteiger partial charge in [-0.3, -0.25) is 0 Å². The van der Waals surface area contributed by atoms with Crippen molar-refractivity contribution in [2.24, 2.45) is 5.10 Å². The summed E-state index contributed by atoms with van der Waals surface area (Å²) in [6.45, 7) is 0. The maximum Gasteiger partial charge on any atom is 0.427 e. The summed E-state index contributed by atoms with van der Waals surface area (Å²) in [6.07, 6.45) is -0.698. The van der Waals surface area contributed by atoms with Crippen LogP contribution in [0.15, 0.2) is 53.6 Å². The Balaban J connectivity index is 2.28. The van der Waals surface area contributed by atoms with Crippen molar-refractivity contribution in [3.63, 3.8) is 0 Å². The van der Waals surface area contributed by atoms with Crippen LogP contribution >= 0.6 is 23.4 Å². The molecule has 0 radical (unpaired) electrons. The number of hydrogen-bond acceptors (Lipinski definition) is 4. The number of thioether (sulfide) groups is 1. The van der Waals surface area contributed by atoms with Crippen LogP contribution in [0.1, 0.15) is 16.7 Å². The molecule has 0 saturated heterocycles. The summed E-state index contributed by atoms with van der Waals surface area (Å²) in [4.78, 5) is 11.3. The van der Waals surface area contributed by atoms with Crippen molar-refractivity contribution in [3.05, 3.63) is 70.2 Å². The second kappa shape index (κ2) is 9.39. The molecule has 1 N–H and O–H groups in total. The topological polar surface area (TPSA) is 50.7 Å². The average Bonchev–Trinajstić information content (AvgIpc) is 2.62. The molecular formula is C17H15ClF2N2O2S. The van der Waals surface area contributed by atoms with Gasteiger partial charge < -0.3 is 4.74 Å². The Morgan fingerprint density at radius 2 is 1.72 bits per heavy atom. The number of methoxy groups -OCH3 is 1. The molecule has 2 rings (SSSR count). The zero-order valence-electron chi connectivity index (χ0n) is 13.2. The van der Waals surface area contributed by atoms with E-state index in [1.54, 1.807) is 48.5 Å². The van der Waals surface area contributed by atoms with Gasteiger partial charge in [0.2, 0.25) is 0 Å². The number of ether oxygens (including phenoxy) is 1. The molecule has 0 atom stereocenters. The molecule has 0 saturated carbocycles. The molecule has 0 aliphatic heterocycles. The van der Waals surface area contributed by atoms with E-state index in [9.17, 15) is 13.6 Å². The highest BCUT2D eigenvalue weighted by Gasteiger charge is 2.10. The van der Waals surface area contributed by atoms with Crippen LogP contribution in [-0.2, 0) is 10.5 Å². The maximum atomic E-state index is 12.3. The van der Waals surface area contributed by atoms with Crippen LogP contribution in [0.3, 0.4) is 0 Å². The highest BCUT2D eigenvalue weighted by Crippen LogP contribution is 2.21. The lowest BCUT2D eigenvalue weighted by Gasteiger charge is -2.09. The number of carbonyl (C=O) groups is 1. The van der Waals surface area contributed by atoms with E-state index in [-0.39, 0.29) is 5.75 Å². The fourth-order valence-electron chi connectivity index (χ4n) is 1.97. The van der Waals surface area contributed by atoms with Gasteiger partial charge >= 0.3 is 6.09 Å². The molecule has 2 aromatic carbocycles. The normalized spacial score (nSPS) is 11.5. The van der Waals surface area contributed by atoms with E-state index in [1.165, 1.54) is 7.11 Å². The number of nitrogens with zero attached hydrogens (tertiary/aromatic N) is 1. The molecule has 8 heteroatoms. The molecule has 0 aromatic heterocycles. The van der Waals surface area contributed by atoms with Gasteiger partial charge in [-0.2, -0.15) is 13.9 Å². The van der Waals surface area contributed by atoms with Gasteiger partial charge in [0.05, 0.1) is 12.8 Å². The maximum absolute atomic E-state index is 12.3. The van der Waals surface area contributed by atoms with Crippen molar-refractivity contribution in [1.82, 2.24) is 5.43 Å². The summed E-state index contributed by atoms with van der Waals surface area (Å²) < 4.78 is 29.1. The largest absolute Gasteiger partial charge is 0.452 e. The fraction of sp³-hybridized carbons (Fsp3) is 0.176. The summed E-state index contributed by atoms with van der Waals surface area (Å²) in [5.41, 5.74) is 5.00. The van der Waals surface area contributed by atoms with Gasteiger partial charge in [-0.15, -0.1) is 0 Å². The average molecular weight is 385 g/mol. The van der Waals surface area contributed by atoms with E-state index in [1.807, 2.05) is 0 Å². The number of rotatable bonds is 6. The summed E-state index contributed by atoms with van der Waals surface area (Å²) in [6, 6.07) is 13.9. The lowest BCUT2D eigenvalue weighted by atomic mass is 10.0. The van der Waals surface area contributed by atoms with E-state index in [0.29, 0.717) is 28.1 Å². The standard InChI is InChI=1S/C17H15ClF2N2O2S/c1-24-17(23)22-21-15(13-6-8-14(18)9-7-13)12-4-2-11(3-5-12)10-25-16(19)20/h2-9,16H,10H2,1H3,(H,22,23). The molecule has 0 spiro atoms. The third-order valence-corrected chi connectivity index (χ3v) is 4.17. The first-order valence-electron chi connectivity index (χ1n) is 7.16. The Labute approximate surface area is 153 Å². The molecule has 4 nitrogen and oxygen atoms in total. The minimum Gasteiger partial charge on any atom is -0.452 e. The predicted octanol–water partition coefficient (Wildman–Crippen LogP) is 4.90. The molecule has 0 aliphatic carbocycles. The smallest absolute Gasteiger partial charge is 0.427 e. The molecule has 2 aromatic rings. The van der Waals surface area contributed by atoms with Crippen molar-refractivity contribution < 1.29 is 18.3 Å². The molecule has 25 heavy (non-hydrogen) atoms. The number of nitrogens with one attached hydrogen (secondary N) is 1. The Hall–Kier alpha value is -2.12. The number of hydrogen-bond donors (Lipinski definition) is 1. The fourth-order valence-corrected chi connectivity index (χ4v) is 2.61. The lowest BCUT2D eigenvalue weighted by molar-refractivity contribution is 0.171. The summed E-state index contributed by atoms with van der Waals surface area (Å²) in [5.74, 6) is -2.19. The molecule has 1 amide bonds. The van der Waals surface area contributed by atoms with Crippen LogP contribution in [0, 0.1) is 0 Å². The molecule has 0 bridgehead atoms. The minimum atomic E-state index is -2.41. The van der Waals surface area contributed by atoms with Gasteiger partial charge in [-0.05, 0) is 17.7 Å². The predicted molar refractivity (Wildman–Crippen MR) is 96.4 cm³/mol. The van der Waals surface area contributed by atoms with Gasteiger partial charge in [0.25, 0.3) is 5.76 Å². The van der Waals surface area contributed by atoms with E-state index in [4.69, 9.17) is 11.6 Å². The molecule has 0 fully saturated rings. The number of halogens is 3. The number of hydrazone groups is 1. The van der Waals surface area contributed by atoms with Crippen LogP contribution in [0.25, 0.3) is 0 Å². The zero-order valence-corrected chi connectivity index (χ0v) is 14.8. The summed E-state index contributed by atoms with van der Waals surface area (Å²) in [7, 11) is 1.24. The Bertz CT molecular complexity index is 737. The highest BCUT2D eigenvalue weighted by molar-refractivity contribution is 7.98. The van der Waals surface area contributed by atoms with Crippen molar-refractivity contribution in [2.45, 2.75) is 11.5 Å². The third-order valence-electron chi connectivity index (χ3n) is 3.17. The van der Waals surface area contributed by atoms with Crippen LogP contribution in [0.4, 0.5) is 13.6 Å². The van der Waals surface area contributed by atoms with E-state index in [2.05, 4.69) is 15.3 Å². The van der Waals surface area contributed by atoms with Crippen LogP contribution in [0.2, 0.25) is 5.02 Å². The van der Waals surface area contributed by atoms with E-state index >= 15 is 0 Å². The molecule has 0 heterocycles. The van der Waals surface area contributed by atoms with Crippen molar-refractivity contribution in [3.8, 4) is 0 Å². The quantitative estimate of drug-likeness (QED) is 0.569. The van der Waals surface area contributed by atoms with Gasteiger partial charge in [-0.1, -0.05) is 59.8 Å². The molecule has 0 unspecified atom stereocenters. The first kappa shape index (κ1) is 19.2. The van der Waals surface area contributed by atoms with Gasteiger partial charge in [0.1, 0.15) is 0 Å². The van der Waals surface area contributed by atoms with Crippen LogP contribution < -0.4 is 5.43 Å². The van der Waals surface area contributed by atoms with E-state index < -0.39 is 11.9 Å². The molecule has 132 valence electrons. The van der Waals surface area contributed by atoms with Gasteiger partial charge in [0.15, 0.2) is 0 Å². The Kier molecular flexibility index (Phi) is 7.21. The van der Waals surface area contributed by atoms with Crippen molar-refractivity contribution in [2.75, 3.05) is 7.11 Å². The number of amides is 1. The van der Waals surface area contributed by atoms with Crippen molar-refractivity contribution >= 4 is 35.2 Å². The van der Waals surface area contributed by atoms with Gasteiger partial charge in [0, 0.05) is 21.9 Å². The number of carbonyl (C=O) groups excluding carboxylic acids is 1. The summed E-state index contributed by atoms with van der Waals surface area (Å²) >= 11 is 6.46. The highest BCUT2D eigenvalue weighted by atomic mass is 35.5.